The van der Waals surface area contributed by atoms with Crippen molar-refractivity contribution in [1.82, 2.24) is 15.2 Å². The lowest BCUT2D eigenvalue weighted by Crippen LogP contribution is -1.96. The third-order valence-corrected chi connectivity index (χ3v) is 5.01. The number of phenolic OH excluding ortho intramolecular Hbond substituents is 2. The van der Waals surface area contributed by atoms with Gasteiger partial charge in [0, 0.05) is 16.8 Å². The number of nitriles is 1. The molecule has 4 rings (SSSR count). The molecule has 0 atom stereocenters. The van der Waals surface area contributed by atoms with E-state index in [9.17, 15) is 15.5 Å². The number of rotatable bonds is 2. The van der Waals surface area contributed by atoms with Gasteiger partial charge in [-0.3, -0.25) is 5.10 Å². The number of pyridine rings is 1. The first-order valence-corrected chi connectivity index (χ1v) is 8.86. The van der Waals surface area contributed by atoms with Crippen LogP contribution in [-0.2, 0) is 0 Å². The van der Waals surface area contributed by atoms with Gasteiger partial charge < -0.3 is 10.2 Å². The summed E-state index contributed by atoms with van der Waals surface area (Å²) in [6.07, 6.45) is 0. The van der Waals surface area contributed by atoms with Gasteiger partial charge in [0.15, 0.2) is 5.65 Å². The number of nitrogens with one attached hydrogen (secondary N) is 1. The molecule has 7 heteroatoms. The smallest absolute Gasteiger partial charge is 0.182 e. The first-order valence-electron chi connectivity index (χ1n) is 8.06. The normalized spacial score (nSPS) is 10.9. The Labute approximate surface area is 162 Å². The number of fused-ring (bicyclic) bond motifs is 1. The van der Waals surface area contributed by atoms with Crippen LogP contribution in [0.5, 0.6) is 11.5 Å². The van der Waals surface area contributed by atoms with Gasteiger partial charge in [0.1, 0.15) is 17.6 Å². The van der Waals surface area contributed by atoms with Crippen molar-refractivity contribution in [2.75, 3.05) is 0 Å². The lowest BCUT2D eigenvalue weighted by Gasteiger charge is -2.12. The van der Waals surface area contributed by atoms with Crippen molar-refractivity contribution in [3.05, 3.63) is 58.2 Å². The van der Waals surface area contributed by atoms with Crippen LogP contribution in [0.1, 0.15) is 11.3 Å². The number of hydrogen-bond donors (Lipinski definition) is 3. The van der Waals surface area contributed by atoms with Gasteiger partial charge in [-0.15, -0.1) is 0 Å². The average molecular weight is 421 g/mol. The number of H-pyrrole nitrogens is 1. The van der Waals surface area contributed by atoms with E-state index >= 15 is 0 Å². The zero-order valence-electron chi connectivity index (χ0n) is 14.2. The summed E-state index contributed by atoms with van der Waals surface area (Å²) in [5, 5.41) is 37.3. The molecule has 0 saturated heterocycles. The molecule has 0 fully saturated rings. The van der Waals surface area contributed by atoms with Gasteiger partial charge in [-0.05, 0) is 64.8 Å². The van der Waals surface area contributed by atoms with Gasteiger partial charge in [0.25, 0.3) is 0 Å². The van der Waals surface area contributed by atoms with E-state index in [0.29, 0.717) is 32.5 Å². The largest absolute Gasteiger partial charge is 0.508 e. The van der Waals surface area contributed by atoms with Crippen LogP contribution < -0.4 is 0 Å². The molecule has 0 radical (unpaired) electrons. The molecule has 0 spiro atoms. The van der Waals surface area contributed by atoms with E-state index in [-0.39, 0.29) is 11.5 Å². The Kier molecular flexibility index (Phi) is 4.05. The number of benzene rings is 2. The van der Waals surface area contributed by atoms with Crippen molar-refractivity contribution in [2.24, 2.45) is 0 Å². The Balaban J connectivity index is 2.12. The molecule has 0 bridgehead atoms. The van der Waals surface area contributed by atoms with Gasteiger partial charge in [-0.2, -0.15) is 10.4 Å². The third-order valence-electron chi connectivity index (χ3n) is 4.37. The Morgan fingerprint density at radius 3 is 2.44 bits per heavy atom. The van der Waals surface area contributed by atoms with E-state index < -0.39 is 0 Å². The molecule has 2 heterocycles. The summed E-state index contributed by atoms with van der Waals surface area (Å²) in [6.45, 7) is 1.87. The summed E-state index contributed by atoms with van der Waals surface area (Å²) in [5.74, 6) is 0.252. The highest BCUT2D eigenvalue weighted by Gasteiger charge is 2.21. The monoisotopic (exact) mass is 420 g/mol. The number of hydrogen-bond acceptors (Lipinski definition) is 5. The fourth-order valence-corrected chi connectivity index (χ4v) is 3.47. The second-order valence-electron chi connectivity index (χ2n) is 6.08. The predicted molar refractivity (Wildman–Crippen MR) is 105 cm³/mol. The molecule has 4 aromatic rings. The second-order valence-corrected chi connectivity index (χ2v) is 6.94. The van der Waals surface area contributed by atoms with Crippen molar-refractivity contribution >= 4 is 27.0 Å². The molecule has 3 N–H and O–H groups in total. The van der Waals surface area contributed by atoms with Crippen LogP contribution in [0.3, 0.4) is 0 Å². The zero-order valence-corrected chi connectivity index (χ0v) is 15.7. The van der Waals surface area contributed by atoms with Crippen molar-refractivity contribution < 1.29 is 10.2 Å². The summed E-state index contributed by atoms with van der Waals surface area (Å²) in [7, 11) is 0. The van der Waals surface area contributed by atoms with Gasteiger partial charge in [0.2, 0.25) is 0 Å². The fraction of sp³-hybridized carbons (Fsp3) is 0.0500. The number of aromatic amines is 1. The first kappa shape index (κ1) is 17.1. The minimum absolute atomic E-state index is 0.116. The van der Waals surface area contributed by atoms with Crippen LogP contribution in [0, 0.1) is 18.3 Å². The number of halogens is 1. The molecule has 2 aromatic heterocycles. The number of aromatic hydroxyl groups is 2. The van der Waals surface area contributed by atoms with Gasteiger partial charge in [-0.1, -0.05) is 6.07 Å². The molecular weight excluding hydrogens is 408 g/mol. The Hall–Kier alpha value is -3.37. The zero-order chi connectivity index (χ0) is 19.1. The summed E-state index contributed by atoms with van der Waals surface area (Å²) in [5.41, 5.74) is 4.32. The Morgan fingerprint density at radius 1 is 1.07 bits per heavy atom. The standard InChI is InChI=1S/C20H13BrN4O2/c1-10-17-18(12-4-7-16(27)15(21)8-12)14(9-22)19(23-20(17)25-24-10)11-2-5-13(26)6-3-11/h2-8,26-27H,1H3,(H,23,24,25). The van der Waals surface area contributed by atoms with Crippen molar-refractivity contribution in [1.29, 1.82) is 5.26 Å². The van der Waals surface area contributed by atoms with Gasteiger partial charge in [-0.25, -0.2) is 4.98 Å². The molecule has 2 aromatic carbocycles. The Morgan fingerprint density at radius 2 is 1.78 bits per heavy atom. The van der Waals surface area contributed by atoms with Gasteiger partial charge >= 0.3 is 0 Å². The van der Waals surface area contributed by atoms with Crippen LogP contribution >= 0.6 is 15.9 Å². The van der Waals surface area contributed by atoms with Crippen LogP contribution in [0.2, 0.25) is 0 Å². The molecule has 6 nitrogen and oxygen atoms in total. The molecule has 0 aliphatic rings. The summed E-state index contributed by atoms with van der Waals surface area (Å²) < 4.78 is 0.529. The van der Waals surface area contributed by atoms with Gasteiger partial charge in [0.05, 0.1) is 21.1 Å². The van der Waals surface area contributed by atoms with E-state index in [2.05, 4.69) is 37.2 Å². The molecule has 0 amide bonds. The second kappa shape index (κ2) is 6.41. The molecule has 132 valence electrons. The van der Waals surface area contributed by atoms with Crippen molar-refractivity contribution in [3.8, 4) is 40.0 Å². The molecular formula is C20H13BrN4O2. The third kappa shape index (κ3) is 2.80. The quantitative estimate of drug-likeness (QED) is 0.437. The van der Waals surface area contributed by atoms with Crippen molar-refractivity contribution in [3.63, 3.8) is 0 Å². The minimum Gasteiger partial charge on any atom is -0.508 e. The van der Waals surface area contributed by atoms with Crippen molar-refractivity contribution in [2.45, 2.75) is 6.92 Å². The topological polar surface area (TPSA) is 106 Å². The van der Waals surface area contributed by atoms with E-state index in [0.717, 1.165) is 16.6 Å². The molecule has 0 saturated carbocycles. The van der Waals surface area contributed by atoms with Crippen LogP contribution in [0.15, 0.2) is 46.9 Å². The average Bonchev–Trinajstić information content (AvgIpc) is 3.04. The first-order chi connectivity index (χ1) is 13.0. The Bertz CT molecular complexity index is 1220. The van der Waals surface area contributed by atoms with E-state index in [4.69, 9.17) is 0 Å². The molecule has 27 heavy (non-hydrogen) atoms. The fourth-order valence-electron chi connectivity index (χ4n) is 3.09. The molecule has 0 aliphatic carbocycles. The maximum absolute atomic E-state index is 9.96. The number of nitrogens with zero attached hydrogens (tertiary/aromatic N) is 3. The summed E-state index contributed by atoms with van der Waals surface area (Å²) in [4.78, 5) is 4.59. The lowest BCUT2D eigenvalue weighted by atomic mass is 9.93. The maximum Gasteiger partial charge on any atom is 0.182 e. The van der Waals surface area contributed by atoms with E-state index in [1.54, 1.807) is 42.5 Å². The highest BCUT2D eigenvalue weighted by atomic mass is 79.9. The minimum atomic E-state index is 0.116. The number of aromatic nitrogens is 3. The lowest BCUT2D eigenvalue weighted by molar-refractivity contribution is 0.472. The highest BCUT2D eigenvalue weighted by molar-refractivity contribution is 9.10. The maximum atomic E-state index is 9.96. The summed E-state index contributed by atoms with van der Waals surface area (Å²) >= 11 is 3.33. The predicted octanol–water partition coefficient (Wildman–Crippen LogP) is 4.65. The SMILES string of the molecule is Cc1[nH]nc2nc(-c3ccc(O)cc3)c(C#N)c(-c3ccc(O)c(Br)c3)c12. The number of phenols is 2. The van der Waals surface area contributed by atoms with Crippen LogP contribution in [0.4, 0.5) is 0 Å². The van der Waals surface area contributed by atoms with Crippen LogP contribution in [0.25, 0.3) is 33.4 Å². The number of aryl methyl sites for hydroxylation is 1. The van der Waals surface area contributed by atoms with Crippen LogP contribution in [-0.4, -0.2) is 25.4 Å². The summed E-state index contributed by atoms with van der Waals surface area (Å²) in [6, 6.07) is 13.9. The molecule has 0 unspecified atom stereocenters. The van der Waals surface area contributed by atoms with E-state index in [1.807, 2.05) is 6.92 Å². The molecule has 0 aliphatic heterocycles. The van der Waals surface area contributed by atoms with E-state index in [1.165, 1.54) is 0 Å². The highest BCUT2D eigenvalue weighted by Crippen LogP contribution is 2.39.